The van der Waals surface area contributed by atoms with E-state index in [-0.39, 0.29) is 5.78 Å². The number of Topliss-reactive ketones (excluding diaryl/α,β-unsaturated/α-hetero) is 1. The van der Waals surface area contributed by atoms with E-state index in [1.54, 1.807) is 11.8 Å². The Kier molecular flexibility index (Phi) is 7.73. The van der Waals surface area contributed by atoms with Crippen molar-refractivity contribution in [2.45, 2.75) is 0 Å². The first-order chi connectivity index (χ1) is 14.0. The van der Waals surface area contributed by atoms with Gasteiger partial charge in [-0.3, -0.25) is 4.79 Å². The molecular weight excluding hydrogens is 441 g/mol. The number of benzene rings is 2. The quantitative estimate of drug-likeness (QED) is 0.293. The van der Waals surface area contributed by atoms with Crippen molar-refractivity contribution in [3.05, 3.63) is 93.5 Å². The van der Waals surface area contributed by atoms with Crippen LogP contribution in [0.4, 0.5) is 0 Å². The van der Waals surface area contributed by atoms with Gasteiger partial charge in [0.25, 0.3) is 0 Å². The SMILES string of the molecule is C=CCSC(=S)N1C/C(=C\c2ccc(Cl)cc2)C(=O)/C(=C/c2ccc(Cl)cc2)C1. The number of nitrogens with zero attached hydrogens (tertiary/aromatic N) is 1. The maximum atomic E-state index is 13.2. The van der Waals surface area contributed by atoms with Crippen LogP contribution in [0.3, 0.4) is 0 Å². The van der Waals surface area contributed by atoms with Crippen molar-refractivity contribution in [2.75, 3.05) is 18.8 Å². The molecule has 3 rings (SSSR count). The number of piperidine rings is 1. The molecule has 0 spiro atoms. The van der Waals surface area contributed by atoms with Crippen molar-refractivity contribution >= 4 is 69.4 Å². The summed E-state index contributed by atoms with van der Waals surface area (Å²) in [5, 5.41) is 1.32. The molecule has 0 saturated carbocycles. The number of halogens is 2. The topological polar surface area (TPSA) is 20.3 Å². The highest BCUT2D eigenvalue weighted by Gasteiger charge is 2.27. The maximum Gasteiger partial charge on any atom is 0.188 e. The second-order valence-electron chi connectivity index (χ2n) is 6.49. The molecule has 0 aliphatic carbocycles. The van der Waals surface area contributed by atoms with Crippen molar-refractivity contribution in [3.63, 3.8) is 0 Å². The van der Waals surface area contributed by atoms with Gasteiger partial charge in [0.2, 0.25) is 0 Å². The third-order valence-electron chi connectivity index (χ3n) is 4.31. The Hall–Kier alpha value is -1.85. The molecule has 0 bridgehead atoms. The second kappa shape index (κ2) is 10.3. The first kappa shape index (κ1) is 21.8. The minimum atomic E-state index is 0.0303. The number of ketones is 1. The van der Waals surface area contributed by atoms with Crippen LogP contribution >= 0.6 is 47.2 Å². The van der Waals surface area contributed by atoms with Crippen molar-refractivity contribution in [1.82, 2.24) is 4.90 Å². The van der Waals surface area contributed by atoms with Crippen LogP contribution in [0.1, 0.15) is 11.1 Å². The Morgan fingerprint density at radius 2 is 1.41 bits per heavy atom. The summed E-state index contributed by atoms with van der Waals surface area (Å²) in [5.74, 6) is 0.762. The highest BCUT2D eigenvalue weighted by molar-refractivity contribution is 8.23. The molecular formula is C23H19Cl2NOS2. The molecule has 148 valence electrons. The standard InChI is InChI=1S/C23H19Cl2NOS2/c1-2-11-29-23(28)26-14-18(12-16-3-7-20(24)8-4-16)22(27)19(15-26)13-17-5-9-21(25)10-6-17/h2-10,12-13H,1,11,14-15H2/b18-12+,19-13+. The number of likely N-dealkylation sites (tertiary alicyclic amines) is 1. The summed E-state index contributed by atoms with van der Waals surface area (Å²) in [6.45, 7) is 4.70. The molecule has 2 nitrogen and oxygen atoms in total. The lowest BCUT2D eigenvalue weighted by Gasteiger charge is -2.31. The first-order valence-electron chi connectivity index (χ1n) is 8.96. The van der Waals surface area contributed by atoms with Gasteiger partial charge in [-0.15, -0.1) is 6.58 Å². The highest BCUT2D eigenvalue weighted by atomic mass is 35.5. The molecule has 0 unspecified atom stereocenters. The van der Waals surface area contributed by atoms with E-state index in [9.17, 15) is 4.79 Å². The molecule has 6 heteroatoms. The summed E-state index contributed by atoms with van der Waals surface area (Å²) < 4.78 is 0.751. The minimum absolute atomic E-state index is 0.0303. The van der Waals surface area contributed by atoms with Crippen LogP contribution in [0.15, 0.2) is 72.3 Å². The molecule has 29 heavy (non-hydrogen) atoms. The number of carbonyl (C=O) groups excluding carboxylic acids is 1. The molecule has 2 aromatic rings. The van der Waals surface area contributed by atoms with Crippen molar-refractivity contribution in [2.24, 2.45) is 0 Å². The molecule has 0 amide bonds. The van der Waals surface area contributed by atoms with Crippen LogP contribution in [0.5, 0.6) is 0 Å². The van der Waals surface area contributed by atoms with Crippen LogP contribution in [-0.4, -0.2) is 33.8 Å². The molecule has 1 fully saturated rings. The van der Waals surface area contributed by atoms with E-state index in [0.29, 0.717) is 34.3 Å². The Morgan fingerprint density at radius 1 is 0.966 bits per heavy atom. The van der Waals surface area contributed by atoms with Gasteiger partial charge in [0.15, 0.2) is 5.78 Å². The fourth-order valence-electron chi connectivity index (χ4n) is 2.91. The van der Waals surface area contributed by atoms with E-state index in [0.717, 1.165) is 21.2 Å². The molecule has 0 aromatic heterocycles. The number of hydrogen-bond acceptors (Lipinski definition) is 3. The Bertz CT molecular complexity index is 911. The molecule has 0 N–H and O–H groups in total. The summed E-state index contributed by atoms with van der Waals surface area (Å²) >= 11 is 19.1. The van der Waals surface area contributed by atoms with Crippen molar-refractivity contribution in [1.29, 1.82) is 0 Å². The van der Waals surface area contributed by atoms with Gasteiger partial charge in [-0.2, -0.15) is 0 Å². The van der Waals surface area contributed by atoms with Crippen LogP contribution in [0.25, 0.3) is 12.2 Å². The van der Waals surface area contributed by atoms with Crippen LogP contribution in [-0.2, 0) is 4.79 Å². The van der Waals surface area contributed by atoms with Gasteiger partial charge in [-0.1, -0.05) is 77.5 Å². The monoisotopic (exact) mass is 459 g/mol. The summed E-state index contributed by atoms with van der Waals surface area (Å²) in [5.41, 5.74) is 3.24. The summed E-state index contributed by atoms with van der Waals surface area (Å²) in [6.07, 6.45) is 5.63. The lowest BCUT2D eigenvalue weighted by Crippen LogP contribution is -2.39. The summed E-state index contributed by atoms with van der Waals surface area (Å²) in [6, 6.07) is 14.8. The predicted octanol–water partition coefficient (Wildman–Crippen LogP) is 6.55. The van der Waals surface area contributed by atoms with E-state index in [1.165, 1.54) is 0 Å². The highest BCUT2D eigenvalue weighted by Crippen LogP contribution is 2.25. The van der Waals surface area contributed by atoms with Gasteiger partial charge in [-0.25, -0.2) is 0 Å². The lowest BCUT2D eigenvalue weighted by molar-refractivity contribution is -0.113. The number of thiocarbonyl (C=S) groups is 1. The van der Waals surface area contributed by atoms with Gasteiger partial charge >= 0.3 is 0 Å². The van der Waals surface area contributed by atoms with Crippen LogP contribution in [0.2, 0.25) is 10.0 Å². The van der Waals surface area contributed by atoms with Gasteiger partial charge in [0.05, 0.1) is 0 Å². The van der Waals surface area contributed by atoms with E-state index in [4.69, 9.17) is 35.4 Å². The molecule has 0 radical (unpaired) electrons. The van der Waals surface area contributed by atoms with Crippen LogP contribution in [0, 0.1) is 0 Å². The smallest absolute Gasteiger partial charge is 0.188 e. The maximum absolute atomic E-state index is 13.2. The van der Waals surface area contributed by atoms with E-state index >= 15 is 0 Å². The number of carbonyl (C=O) groups is 1. The zero-order valence-corrected chi connectivity index (χ0v) is 18.8. The summed E-state index contributed by atoms with van der Waals surface area (Å²) in [4.78, 5) is 15.2. The van der Waals surface area contributed by atoms with E-state index in [2.05, 4.69) is 11.5 Å². The fraction of sp³-hybridized carbons (Fsp3) is 0.130. The zero-order valence-electron chi connectivity index (χ0n) is 15.6. The van der Waals surface area contributed by atoms with E-state index in [1.807, 2.05) is 66.8 Å². The zero-order chi connectivity index (χ0) is 20.8. The molecule has 2 aromatic carbocycles. The lowest BCUT2D eigenvalue weighted by atomic mass is 9.94. The average molecular weight is 460 g/mol. The fourth-order valence-corrected chi connectivity index (χ4v) is 4.07. The number of hydrogen-bond donors (Lipinski definition) is 0. The van der Waals surface area contributed by atoms with Gasteiger partial charge in [0, 0.05) is 40.0 Å². The van der Waals surface area contributed by atoms with Crippen molar-refractivity contribution in [3.8, 4) is 0 Å². The largest absolute Gasteiger partial charge is 0.349 e. The second-order valence-corrected chi connectivity index (χ2v) is 9.02. The average Bonchev–Trinajstić information content (AvgIpc) is 2.72. The predicted molar refractivity (Wildman–Crippen MR) is 131 cm³/mol. The Labute approximate surface area is 190 Å². The Balaban J connectivity index is 1.95. The van der Waals surface area contributed by atoms with Crippen molar-refractivity contribution < 1.29 is 4.79 Å². The third-order valence-corrected chi connectivity index (χ3v) is 6.33. The molecule has 1 aliphatic heterocycles. The Morgan fingerprint density at radius 3 is 1.83 bits per heavy atom. The number of thioether (sulfide) groups is 1. The molecule has 1 heterocycles. The molecule has 1 saturated heterocycles. The minimum Gasteiger partial charge on any atom is -0.349 e. The van der Waals surface area contributed by atoms with Gasteiger partial charge in [-0.05, 0) is 47.5 Å². The first-order valence-corrected chi connectivity index (χ1v) is 11.1. The van der Waals surface area contributed by atoms with Gasteiger partial charge < -0.3 is 4.90 Å². The van der Waals surface area contributed by atoms with E-state index < -0.39 is 0 Å². The molecule has 1 aliphatic rings. The third kappa shape index (κ3) is 6.06. The number of rotatable bonds is 4. The van der Waals surface area contributed by atoms with Gasteiger partial charge in [0.1, 0.15) is 4.32 Å². The summed E-state index contributed by atoms with van der Waals surface area (Å²) in [7, 11) is 0. The van der Waals surface area contributed by atoms with Crippen LogP contribution < -0.4 is 0 Å². The normalized spacial score (nSPS) is 17.0. The molecule has 0 atom stereocenters.